The molecule has 0 heterocycles. The predicted molar refractivity (Wildman–Crippen MR) is 114 cm³/mol. The van der Waals surface area contributed by atoms with E-state index in [0.29, 0.717) is 5.56 Å². The number of hydrogen-bond donors (Lipinski definition) is 1. The van der Waals surface area contributed by atoms with Gasteiger partial charge in [0, 0.05) is 0 Å². The first kappa shape index (κ1) is 20.5. The van der Waals surface area contributed by atoms with E-state index >= 15 is 0 Å². The number of carboxylic acid groups (broad SMARTS) is 1. The highest BCUT2D eigenvalue weighted by Gasteiger charge is 2.05. The second-order valence-electron chi connectivity index (χ2n) is 7.01. The van der Waals surface area contributed by atoms with Crippen LogP contribution in [-0.4, -0.2) is 25.3 Å². The topological polar surface area (TPSA) is 55.8 Å². The van der Waals surface area contributed by atoms with E-state index in [-0.39, 0.29) is 0 Å². The quantitative estimate of drug-likeness (QED) is 0.560. The summed E-state index contributed by atoms with van der Waals surface area (Å²) < 4.78 is 10.7. The van der Waals surface area contributed by atoms with E-state index in [4.69, 9.17) is 14.6 Å². The van der Waals surface area contributed by atoms with Gasteiger partial charge >= 0.3 is 5.97 Å². The highest BCUT2D eigenvalue weighted by Crippen LogP contribution is 2.28. The lowest BCUT2D eigenvalue weighted by Gasteiger charge is -2.10. The van der Waals surface area contributed by atoms with E-state index in [1.807, 2.05) is 24.3 Å². The predicted octanol–water partition coefficient (Wildman–Crippen LogP) is 4.97. The monoisotopic (exact) mass is 390 g/mol. The minimum absolute atomic E-state index is 0.326. The lowest BCUT2D eigenvalue weighted by molar-refractivity contribution is 0.0697. The van der Waals surface area contributed by atoms with Crippen LogP contribution in [0.1, 0.15) is 32.6 Å². The van der Waals surface area contributed by atoms with Crippen LogP contribution >= 0.6 is 0 Å². The standard InChI is InChI=1S/C25H26O4/c1-28-23-16-13-21(17-24(23)29-2)10-9-19-5-3-18(4-6-19)7-8-20-11-14-22(15-12-20)25(26)27/h3-6,11-17H,7-10H2,1-2H3,(H,26,27). The molecule has 0 atom stereocenters. The van der Waals surface area contributed by atoms with Gasteiger partial charge in [0.15, 0.2) is 11.5 Å². The van der Waals surface area contributed by atoms with Crippen molar-refractivity contribution in [1.82, 2.24) is 0 Å². The van der Waals surface area contributed by atoms with Gasteiger partial charge in [0.25, 0.3) is 0 Å². The Balaban J connectivity index is 1.53. The number of ether oxygens (including phenoxy) is 2. The van der Waals surface area contributed by atoms with Gasteiger partial charge in [0.05, 0.1) is 19.8 Å². The maximum absolute atomic E-state index is 10.9. The third-order valence-corrected chi connectivity index (χ3v) is 5.08. The van der Waals surface area contributed by atoms with E-state index in [2.05, 4.69) is 30.3 Å². The smallest absolute Gasteiger partial charge is 0.335 e. The molecule has 1 N–H and O–H groups in total. The molecule has 0 fully saturated rings. The molecule has 4 heteroatoms. The second kappa shape index (κ2) is 9.78. The van der Waals surface area contributed by atoms with E-state index in [9.17, 15) is 4.79 Å². The summed E-state index contributed by atoms with van der Waals surface area (Å²) in [5.74, 6) is 0.621. The zero-order valence-corrected chi connectivity index (χ0v) is 16.9. The molecule has 3 aromatic rings. The van der Waals surface area contributed by atoms with Crippen molar-refractivity contribution in [3.8, 4) is 11.5 Å². The summed E-state index contributed by atoms with van der Waals surface area (Å²) in [6.07, 6.45) is 3.73. The molecule has 4 nitrogen and oxygen atoms in total. The van der Waals surface area contributed by atoms with Crippen LogP contribution in [0.4, 0.5) is 0 Å². The normalized spacial score (nSPS) is 10.6. The Bertz CT molecular complexity index is 944. The molecule has 0 aliphatic carbocycles. The van der Waals surface area contributed by atoms with Crippen molar-refractivity contribution in [2.75, 3.05) is 14.2 Å². The van der Waals surface area contributed by atoms with Gasteiger partial charge in [-0.2, -0.15) is 0 Å². The Hall–Kier alpha value is -3.27. The highest BCUT2D eigenvalue weighted by atomic mass is 16.5. The molecule has 3 rings (SSSR count). The van der Waals surface area contributed by atoms with E-state index in [1.165, 1.54) is 16.7 Å². The van der Waals surface area contributed by atoms with Gasteiger partial charge in [-0.15, -0.1) is 0 Å². The van der Waals surface area contributed by atoms with E-state index in [1.54, 1.807) is 26.4 Å². The third kappa shape index (κ3) is 5.61. The van der Waals surface area contributed by atoms with Gasteiger partial charge in [0.2, 0.25) is 0 Å². The average Bonchev–Trinajstić information content (AvgIpc) is 2.77. The van der Waals surface area contributed by atoms with Crippen molar-refractivity contribution in [3.05, 3.63) is 94.5 Å². The van der Waals surface area contributed by atoms with Crippen LogP contribution < -0.4 is 9.47 Å². The van der Waals surface area contributed by atoms with Crippen LogP contribution in [0.2, 0.25) is 0 Å². The molecule has 29 heavy (non-hydrogen) atoms. The number of aromatic carboxylic acids is 1. The maximum atomic E-state index is 10.9. The third-order valence-electron chi connectivity index (χ3n) is 5.08. The van der Waals surface area contributed by atoms with Crippen molar-refractivity contribution in [1.29, 1.82) is 0 Å². The Kier molecular flexibility index (Phi) is 6.90. The SMILES string of the molecule is COc1ccc(CCc2ccc(CCc3ccc(C(=O)O)cc3)cc2)cc1OC. The zero-order chi connectivity index (χ0) is 20.6. The van der Waals surface area contributed by atoms with Crippen molar-refractivity contribution >= 4 is 5.97 Å². The van der Waals surface area contributed by atoms with E-state index in [0.717, 1.165) is 42.7 Å². The first-order chi connectivity index (χ1) is 14.1. The summed E-state index contributed by atoms with van der Waals surface area (Å²) in [5.41, 5.74) is 5.27. The molecule has 3 aromatic carbocycles. The summed E-state index contributed by atoms with van der Waals surface area (Å²) in [6.45, 7) is 0. The molecule has 0 bridgehead atoms. The average molecular weight is 390 g/mol. The summed E-state index contributed by atoms with van der Waals surface area (Å²) in [4.78, 5) is 10.9. The molecule has 0 saturated heterocycles. The van der Waals surface area contributed by atoms with Crippen LogP contribution in [0.15, 0.2) is 66.7 Å². The number of benzene rings is 3. The van der Waals surface area contributed by atoms with E-state index < -0.39 is 5.97 Å². The number of hydrogen-bond acceptors (Lipinski definition) is 3. The van der Waals surface area contributed by atoms with Crippen molar-refractivity contribution in [2.24, 2.45) is 0 Å². The van der Waals surface area contributed by atoms with Crippen molar-refractivity contribution < 1.29 is 19.4 Å². The maximum Gasteiger partial charge on any atom is 0.335 e. The lowest BCUT2D eigenvalue weighted by atomic mass is 10.00. The summed E-state index contributed by atoms with van der Waals surface area (Å²) in [7, 11) is 3.30. The summed E-state index contributed by atoms with van der Waals surface area (Å²) >= 11 is 0. The fraction of sp³-hybridized carbons (Fsp3) is 0.240. The molecule has 0 aromatic heterocycles. The Morgan fingerprint density at radius 1 is 0.655 bits per heavy atom. The Morgan fingerprint density at radius 2 is 1.07 bits per heavy atom. The Morgan fingerprint density at radius 3 is 1.52 bits per heavy atom. The molecule has 0 spiro atoms. The van der Waals surface area contributed by atoms with Gasteiger partial charge in [-0.25, -0.2) is 4.79 Å². The number of rotatable bonds is 9. The van der Waals surface area contributed by atoms with Crippen LogP contribution in [0.3, 0.4) is 0 Å². The van der Waals surface area contributed by atoms with Crippen LogP contribution in [0.5, 0.6) is 11.5 Å². The van der Waals surface area contributed by atoms with Gasteiger partial charge in [-0.3, -0.25) is 0 Å². The van der Waals surface area contributed by atoms with Gasteiger partial charge in [0.1, 0.15) is 0 Å². The van der Waals surface area contributed by atoms with Crippen LogP contribution in [0.25, 0.3) is 0 Å². The van der Waals surface area contributed by atoms with Crippen LogP contribution in [0, 0.1) is 0 Å². The molecule has 0 radical (unpaired) electrons. The largest absolute Gasteiger partial charge is 0.493 e. The molecule has 150 valence electrons. The van der Waals surface area contributed by atoms with Crippen molar-refractivity contribution in [3.63, 3.8) is 0 Å². The molecule has 0 unspecified atom stereocenters. The molecular formula is C25H26O4. The molecule has 0 saturated carbocycles. The summed E-state index contributed by atoms with van der Waals surface area (Å²) in [6, 6.07) is 21.9. The Labute approximate surface area is 171 Å². The number of carboxylic acids is 1. The molecular weight excluding hydrogens is 364 g/mol. The second-order valence-corrected chi connectivity index (χ2v) is 7.01. The number of carbonyl (C=O) groups is 1. The lowest BCUT2D eigenvalue weighted by Crippen LogP contribution is -1.97. The molecule has 0 aliphatic heterocycles. The fourth-order valence-electron chi connectivity index (χ4n) is 3.30. The number of methoxy groups -OCH3 is 2. The minimum atomic E-state index is -0.889. The molecule has 0 amide bonds. The fourth-order valence-corrected chi connectivity index (χ4v) is 3.30. The number of aryl methyl sites for hydroxylation is 4. The van der Waals surface area contributed by atoms with Crippen molar-refractivity contribution in [2.45, 2.75) is 25.7 Å². The zero-order valence-electron chi connectivity index (χ0n) is 16.9. The molecule has 0 aliphatic rings. The first-order valence-corrected chi connectivity index (χ1v) is 9.70. The first-order valence-electron chi connectivity index (χ1n) is 9.70. The minimum Gasteiger partial charge on any atom is -0.493 e. The van der Waals surface area contributed by atoms with Gasteiger partial charge in [-0.1, -0.05) is 42.5 Å². The highest BCUT2D eigenvalue weighted by molar-refractivity contribution is 5.87. The van der Waals surface area contributed by atoms with Gasteiger partial charge < -0.3 is 14.6 Å². The summed E-state index contributed by atoms with van der Waals surface area (Å²) in [5, 5.41) is 8.96. The van der Waals surface area contributed by atoms with Crippen LogP contribution in [-0.2, 0) is 25.7 Å². The van der Waals surface area contributed by atoms with Gasteiger partial charge in [-0.05, 0) is 72.2 Å².